The van der Waals surface area contributed by atoms with Gasteiger partial charge in [-0.15, -0.1) is 0 Å². The third-order valence-electron chi connectivity index (χ3n) is 3.40. The standard InChI is InChI=1S/C14H9F3N2O3/c1-19-10-3-2-8(14(15,16)17)4-7(10)5-11(19)12-9(13(20)21)6-18-22-12/h2-6H,1H3,(H,20,21). The van der Waals surface area contributed by atoms with Crippen LogP contribution in [0.4, 0.5) is 13.2 Å². The molecule has 3 aromatic rings. The predicted octanol–water partition coefficient (Wildman–Crippen LogP) is 3.55. The minimum Gasteiger partial charge on any atom is -0.477 e. The van der Waals surface area contributed by atoms with E-state index in [1.54, 1.807) is 11.6 Å². The maximum atomic E-state index is 12.8. The first-order chi connectivity index (χ1) is 10.3. The Balaban J connectivity index is 2.22. The molecule has 0 unspecified atom stereocenters. The predicted molar refractivity (Wildman–Crippen MR) is 70.4 cm³/mol. The van der Waals surface area contributed by atoms with Crippen molar-refractivity contribution in [2.45, 2.75) is 6.18 Å². The van der Waals surface area contributed by atoms with Crippen LogP contribution in [-0.2, 0) is 13.2 Å². The average Bonchev–Trinajstić information content (AvgIpc) is 3.02. The monoisotopic (exact) mass is 310 g/mol. The van der Waals surface area contributed by atoms with Gasteiger partial charge in [0.2, 0.25) is 0 Å². The quantitative estimate of drug-likeness (QED) is 0.786. The summed E-state index contributed by atoms with van der Waals surface area (Å²) in [6.07, 6.45) is -3.39. The van der Waals surface area contributed by atoms with Gasteiger partial charge in [0.05, 0.1) is 17.5 Å². The van der Waals surface area contributed by atoms with Crippen molar-refractivity contribution < 1.29 is 27.6 Å². The van der Waals surface area contributed by atoms with E-state index in [1.165, 1.54) is 12.1 Å². The van der Waals surface area contributed by atoms with Gasteiger partial charge in [-0.3, -0.25) is 0 Å². The van der Waals surface area contributed by atoms with E-state index in [9.17, 15) is 18.0 Å². The van der Waals surface area contributed by atoms with Gasteiger partial charge >= 0.3 is 12.1 Å². The summed E-state index contributed by atoms with van der Waals surface area (Å²) in [5, 5.41) is 12.8. The van der Waals surface area contributed by atoms with Gasteiger partial charge in [0.1, 0.15) is 5.56 Å². The number of hydrogen-bond donors (Lipinski definition) is 1. The van der Waals surface area contributed by atoms with Crippen molar-refractivity contribution in [2.24, 2.45) is 7.05 Å². The first-order valence-electron chi connectivity index (χ1n) is 6.14. The van der Waals surface area contributed by atoms with Crippen LogP contribution in [0.5, 0.6) is 0 Å². The minimum absolute atomic E-state index is 0.000223. The van der Waals surface area contributed by atoms with Crippen LogP contribution in [0.2, 0.25) is 0 Å². The van der Waals surface area contributed by atoms with Crippen LogP contribution >= 0.6 is 0 Å². The minimum atomic E-state index is -4.44. The lowest BCUT2D eigenvalue weighted by atomic mass is 10.1. The van der Waals surface area contributed by atoms with E-state index < -0.39 is 17.7 Å². The molecule has 0 aliphatic carbocycles. The summed E-state index contributed by atoms with van der Waals surface area (Å²) in [7, 11) is 1.61. The van der Waals surface area contributed by atoms with E-state index in [0.717, 1.165) is 18.3 Å². The molecule has 0 fully saturated rings. The fraction of sp³-hybridized carbons (Fsp3) is 0.143. The highest BCUT2D eigenvalue weighted by Crippen LogP contribution is 2.34. The van der Waals surface area contributed by atoms with Crippen LogP contribution in [-0.4, -0.2) is 20.8 Å². The summed E-state index contributed by atoms with van der Waals surface area (Å²) < 4.78 is 44.8. The molecule has 0 atom stereocenters. The molecular weight excluding hydrogens is 301 g/mol. The number of aromatic nitrogens is 2. The Morgan fingerprint density at radius 2 is 2.05 bits per heavy atom. The Morgan fingerprint density at radius 1 is 1.32 bits per heavy atom. The lowest BCUT2D eigenvalue weighted by Crippen LogP contribution is -2.04. The summed E-state index contributed by atoms with van der Waals surface area (Å²) in [6, 6.07) is 4.76. The van der Waals surface area contributed by atoms with Gasteiger partial charge in [-0.25, -0.2) is 4.79 Å². The van der Waals surface area contributed by atoms with Crippen LogP contribution in [0.3, 0.4) is 0 Å². The van der Waals surface area contributed by atoms with Crippen LogP contribution in [0.15, 0.2) is 35.0 Å². The molecule has 0 aliphatic heterocycles. The maximum Gasteiger partial charge on any atom is 0.416 e. The van der Waals surface area contributed by atoms with Crippen molar-refractivity contribution >= 4 is 16.9 Å². The molecule has 0 spiro atoms. The Labute approximate surface area is 121 Å². The second kappa shape index (κ2) is 4.62. The number of hydrogen-bond acceptors (Lipinski definition) is 3. The average molecular weight is 310 g/mol. The maximum absolute atomic E-state index is 12.8. The number of rotatable bonds is 2. The molecule has 0 amide bonds. The van der Waals surface area contributed by atoms with Gasteiger partial charge in [-0.1, -0.05) is 5.16 Å². The molecule has 2 heterocycles. The Hall–Kier alpha value is -2.77. The number of nitrogens with zero attached hydrogens (tertiary/aromatic N) is 2. The summed E-state index contributed by atoms with van der Waals surface area (Å²) in [4.78, 5) is 11.1. The molecule has 1 aromatic carbocycles. The highest BCUT2D eigenvalue weighted by molar-refractivity contribution is 5.96. The van der Waals surface area contributed by atoms with Gasteiger partial charge in [0.25, 0.3) is 0 Å². The molecule has 0 radical (unpaired) electrons. The molecule has 8 heteroatoms. The summed E-state index contributed by atoms with van der Waals surface area (Å²) in [5.41, 5.74) is -0.0601. The van der Waals surface area contributed by atoms with Crippen molar-refractivity contribution in [3.8, 4) is 11.5 Å². The van der Waals surface area contributed by atoms with E-state index in [1.807, 2.05) is 0 Å². The highest BCUT2D eigenvalue weighted by Gasteiger charge is 2.31. The topological polar surface area (TPSA) is 68.3 Å². The number of carboxylic acid groups (broad SMARTS) is 1. The van der Waals surface area contributed by atoms with Gasteiger partial charge in [0, 0.05) is 18.0 Å². The SMILES string of the molecule is Cn1c(-c2oncc2C(=O)O)cc2cc(C(F)(F)F)ccc21. The van der Waals surface area contributed by atoms with Gasteiger partial charge in [-0.2, -0.15) is 13.2 Å². The fourth-order valence-electron chi connectivity index (χ4n) is 2.32. The van der Waals surface area contributed by atoms with Crippen molar-refractivity contribution in [1.82, 2.24) is 9.72 Å². The van der Waals surface area contributed by atoms with Gasteiger partial charge in [0.15, 0.2) is 5.76 Å². The summed E-state index contributed by atoms with van der Waals surface area (Å²) >= 11 is 0. The molecule has 5 nitrogen and oxygen atoms in total. The second-order valence-corrected chi connectivity index (χ2v) is 4.73. The van der Waals surface area contributed by atoms with Crippen LogP contribution in [0.1, 0.15) is 15.9 Å². The normalized spacial score (nSPS) is 12.0. The summed E-state index contributed by atoms with van der Waals surface area (Å²) in [5.74, 6) is -1.22. The van der Waals surface area contributed by atoms with E-state index >= 15 is 0 Å². The molecular formula is C14H9F3N2O3. The molecule has 2 aromatic heterocycles. The number of alkyl halides is 3. The molecule has 0 bridgehead atoms. The number of carbonyl (C=O) groups is 1. The summed E-state index contributed by atoms with van der Waals surface area (Å²) in [6.45, 7) is 0. The zero-order valence-corrected chi connectivity index (χ0v) is 11.2. The Bertz CT molecular complexity index is 877. The van der Waals surface area contributed by atoms with Crippen molar-refractivity contribution in [3.63, 3.8) is 0 Å². The molecule has 0 saturated carbocycles. The van der Waals surface area contributed by atoms with Crippen molar-refractivity contribution in [3.05, 3.63) is 41.6 Å². The number of aromatic carboxylic acids is 1. The molecule has 22 heavy (non-hydrogen) atoms. The second-order valence-electron chi connectivity index (χ2n) is 4.73. The lowest BCUT2D eigenvalue weighted by Gasteiger charge is -2.06. The smallest absolute Gasteiger partial charge is 0.416 e. The van der Waals surface area contributed by atoms with E-state index in [4.69, 9.17) is 9.63 Å². The van der Waals surface area contributed by atoms with Gasteiger partial charge < -0.3 is 14.2 Å². The van der Waals surface area contributed by atoms with Gasteiger partial charge in [-0.05, 0) is 24.3 Å². The molecule has 3 rings (SSSR count). The molecule has 1 N–H and O–H groups in total. The van der Waals surface area contributed by atoms with E-state index in [2.05, 4.69) is 5.16 Å². The number of carboxylic acids is 1. The zero-order valence-electron chi connectivity index (χ0n) is 11.2. The molecule has 0 saturated heterocycles. The largest absolute Gasteiger partial charge is 0.477 e. The fourth-order valence-corrected chi connectivity index (χ4v) is 2.32. The van der Waals surface area contributed by atoms with Crippen molar-refractivity contribution in [2.75, 3.05) is 0 Å². The van der Waals surface area contributed by atoms with Crippen molar-refractivity contribution in [1.29, 1.82) is 0 Å². The first kappa shape index (κ1) is 14.2. The van der Waals surface area contributed by atoms with E-state index in [-0.39, 0.29) is 11.3 Å². The van der Waals surface area contributed by atoms with Crippen LogP contribution in [0, 0.1) is 0 Å². The number of aryl methyl sites for hydroxylation is 1. The van der Waals surface area contributed by atoms with E-state index in [0.29, 0.717) is 16.6 Å². The third-order valence-corrected chi connectivity index (χ3v) is 3.40. The Kier molecular flexibility index (Phi) is 2.98. The molecule has 0 aliphatic rings. The highest BCUT2D eigenvalue weighted by atomic mass is 19.4. The number of halogens is 3. The zero-order chi connectivity index (χ0) is 16.1. The third kappa shape index (κ3) is 2.12. The Morgan fingerprint density at radius 3 is 2.68 bits per heavy atom. The molecule has 114 valence electrons. The lowest BCUT2D eigenvalue weighted by molar-refractivity contribution is -0.137. The van der Waals surface area contributed by atoms with Crippen LogP contribution in [0.25, 0.3) is 22.4 Å². The number of fused-ring (bicyclic) bond motifs is 1. The first-order valence-corrected chi connectivity index (χ1v) is 6.14. The number of benzene rings is 1. The van der Waals surface area contributed by atoms with Crippen LogP contribution < -0.4 is 0 Å².